The van der Waals surface area contributed by atoms with E-state index in [2.05, 4.69) is 15.3 Å². The van der Waals surface area contributed by atoms with Gasteiger partial charge in [-0.05, 0) is 19.1 Å². The second-order valence-corrected chi connectivity index (χ2v) is 5.90. The number of morpholine rings is 1. The summed E-state index contributed by atoms with van der Waals surface area (Å²) in [5.41, 5.74) is 1.34. The molecular weight excluding hydrogens is 322 g/mol. The number of hydrogen-bond donors (Lipinski definition) is 1. The third-order valence-electron chi connectivity index (χ3n) is 4.41. The fourth-order valence-electron chi connectivity index (χ4n) is 2.84. The summed E-state index contributed by atoms with van der Waals surface area (Å²) in [5.74, 6) is 0.330. The van der Waals surface area contributed by atoms with Crippen molar-refractivity contribution >= 4 is 11.7 Å². The summed E-state index contributed by atoms with van der Waals surface area (Å²) in [4.78, 5) is 35.4. The van der Waals surface area contributed by atoms with E-state index in [1.807, 2.05) is 6.92 Å². The molecule has 0 aliphatic carbocycles. The van der Waals surface area contributed by atoms with Crippen LogP contribution in [0.3, 0.4) is 0 Å². The van der Waals surface area contributed by atoms with Gasteiger partial charge >= 0.3 is 0 Å². The van der Waals surface area contributed by atoms with Crippen molar-refractivity contribution in [1.29, 1.82) is 0 Å². The number of pyridine rings is 1. The molecule has 1 N–H and O–H groups in total. The second kappa shape index (κ2) is 7.02. The van der Waals surface area contributed by atoms with Crippen LogP contribution in [0.4, 0.5) is 5.82 Å². The molecule has 0 spiro atoms. The first-order valence-corrected chi connectivity index (χ1v) is 8.09. The van der Waals surface area contributed by atoms with Crippen molar-refractivity contribution in [3.8, 4) is 0 Å². The zero-order chi connectivity index (χ0) is 18.0. The highest BCUT2D eigenvalue weighted by Gasteiger charge is 2.30. The molecule has 25 heavy (non-hydrogen) atoms. The monoisotopic (exact) mass is 343 g/mol. The minimum atomic E-state index is -0.386. The van der Waals surface area contributed by atoms with E-state index < -0.39 is 0 Å². The van der Waals surface area contributed by atoms with E-state index in [0.29, 0.717) is 31.2 Å². The Balaban J connectivity index is 1.85. The molecule has 0 saturated carbocycles. The maximum atomic E-state index is 12.8. The Hall–Kier alpha value is -2.74. The molecule has 1 saturated heterocycles. The van der Waals surface area contributed by atoms with Crippen molar-refractivity contribution in [2.45, 2.75) is 13.0 Å². The Morgan fingerprint density at radius 2 is 2.08 bits per heavy atom. The summed E-state index contributed by atoms with van der Waals surface area (Å²) < 4.78 is 7.26. The maximum absolute atomic E-state index is 12.8. The topological polar surface area (TPSA) is 89.4 Å². The number of carbonyl (C=O) groups is 1. The summed E-state index contributed by atoms with van der Waals surface area (Å²) in [7, 11) is 3.42. The lowest BCUT2D eigenvalue weighted by Gasteiger charge is -2.33. The fourth-order valence-corrected chi connectivity index (χ4v) is 2.84. The van der Waals surface area contributed by atoms with Gasteiger partial charge in [0.25, 0.3) is 11.5 Å². The number of rotatable bonds is 3. The highest BCUT2D eigenvalue weighted by molar-refractivity contribution is 5.94. The van der Waals surface area contributed by atoms with E-state index in [4.69, 9.17) is 4.74 Å². The SMILES string of the molecule is CNc1nccnc1[C@@H]1CN(C(=O)c2ccc(C)n(C)c2=O)CCO1. The Kier molecular flexibility index (Phi) is 4.80. The van der Waals surface area contributed by atoms with Crippen LogP contribution in [-0.4, -0.2) is 52.1 Å². The van der Waals surface area contributed by atoms with Gasteiger partial charge in [-0.1, -0.05) is 0 Å². The van der Waals surface area contributed by atoms with E-state index in [-0.39, 0.29) is 23.1 Å². The average Bonchev–Trinajstić information content (AvgIpc) is 2.66. The Bertz CT molecular complexity index is 848. The second-order valence-electron chi connectivity index (χ2n) is 5.90. The number of nitrogens with one attached hydrogen (secondary N) is 1. The molecule has 2 aromatic rings. The smallest absolute Gasteiger partial charge is 0.263 e. The molecule has 0 bridgehead atoms. The van der Waals surface area contributed by atoms with Gasteiger partial charge in [-0.15, -0.1) is 0 Å². The van der Waals surface area contributed by atoms with Gasteiger partial charge in [0, 0.05) is 38.7 Å². The van der Waals surface area contributed by atoms with Crippen LogP contribution in [0.1, 0.15) is 27.8 Å². The predicted octanol–water partition coefficient (Wildman–Crippen LogP) is 0.739. The molecule has 1 atom stereocenters. The van der Waals surface area contributed by atoms with Gasteiger partial charge in [-0.3, -0.25) is 14.6 Å². The first kappa shape index (κ1) is 17.1. The van der Waals surface area contributed by atoms with E-state index >= 15 is 0 Å². The van der Waals surface area contributed by atoms with Crippen LogP contribution < -0.4 is 10.9 Å². The number of anilines is 1. The molecule has 1 aliphatic rings. The van der Waals surface area contributed by atoms with Crippen molar-refractivity contribution in [3.05, 3.63) is 51.8 Å². The van der Waals surface area contributed by atoms with Gasteiger partial charge in [0.05, 0.1) is 13.2 Å². The summed E-state index contributed by atoms with van der Waals surface area (Å²) in [6.07, 6.45) is 2.80. The number of aryl methyl sites for hydroxylation is 1. The van der Waals surface area contributed by atoms with Crippen LogP contribution in [0.2, 0.25) is 0 Å². The number of amides is 1. The first-order valence-electron chi connectivity index (χ1n) is 8.09. The van der Waals surface area contributed by atoms with Crippen LogP contribution in [-0.2, 0) is 11.8 Å². The number of hydrogen-bond acceptors (Lipinski definition) is 6. The lowest BCUT2D eigenvalue weighted by molar-refractivity contribution is -0.0246. The normalized spacial score (nSPS) is 17.4. The molecule has 8 nitrogen and oxygen atoms in total. The van der Waals surface area contributed by atoms with E-state index in [1.165, 1.54) is 4.57 Å². The van der Waals surface area contributed by atoms with Gasteiger partial charge in [0.15, 0.2) is 0 Å². The van der Waals surface area contributed by atoms with E-state index in [0.717, 1.165) is 5.69 Å². The standard InChI is InChI=1S/C17H21N5O3/c1-11-4-5-12(16(23)21(11)3)17(24)22-8-9-25-13(10-22)14-15(18-2)20-7-6-19-14/h4-7,13H,8-10H2,1-3H3,(H,18,20)/t13-/m0/s1. The highest BCUT2D eigenvalue weighted by Crippen LogP contribution is 2.25. The summed E-state index contributed by atoms with van der Waals surface area (Å²) in [6, 6.07) is 3.36. The molecule has 3 rings (SSSR count). The molecule has 0 radical (unpaired) electrons. The number of ether oxygens (including phenoxy) is 1. The van der Waals surface area contributed by atoms with Gasteiger partial charge in [-0.2, -0.15) is 0 Å². The highest BCUT2D eigenvalue weighted by atomic mass is 16.5. The lowest BCUT2D eigenvalue weighted by atomic mass is 10.1. The summed E-state index contributed by atoms with van der Waals surface area (Å²) >= 11 is 0. The molecule has 2 aromatic heterocycles. The molecule has 8 heteroatoms. The number of nitrogens with zero attached hydrogens (tertiary/aromatic N) is 4. The Morgan fingerprint density at radius 3 is 2.84 bits per heavy atom. The Labute approximate surface area is 145 Å². The van der Waals surface area contributed by atoms with Crippen molar-refractivity contribution in [2.24, 2.45) is 7.05 Å². The number of carbonyl (C=O) groups excluding carboxylic acids is 1. The molecule has 1 aliphatic heterocycles. The zero-order valence-electron chi connectivity index (χ0n) is 14.5. The van der Waals surface area contributed by atoms with Crippen LogP contribution >= 0.6 is 0 Å². The summed E-state index contributed by atoms with van der Waals surface area (Å²) in [6.45, 7) is 2.96. The minimum Gasteiger partial charge on any atom is -0.372 e. The van der Waals surface area contributed by atoms with Crippen molar-refractivity contribution in [1.82, 2.24) is 19.4 Å². The zero-order valence-corrected chi connectivity index (χ0v) is 14.5. The summed E-state index contributed by atoms with van der Waals surface area (Å²) in [5, 5.41) is 2.98. The van der Waals surface area contributed by atoms with Gasteiger partial charge < -0.3 is 19.5 Å². The molecule has 0 aromatic carbocycles. The molecule has 3 heterocycles. The third-order valence-corrected chi connectivity index (χ3v) is 4.41. The van der Waals surface area contributed by atoms with E-state index in [9.17, 15) is 9.59 Å². The van der Waals surface area contributed by atoms with E-state index in [1.54, 1.807) is 43.5 Å². The van der Waals surface area contributed by atoms with Crippen LogP contribution in [0.5, 0.6) is 0 Å². The molecular formula is C17H21N5O3. The number of aromatic nitrogens is 3. The molecule has 132 valence electrons. The third kappa shape index (κ3) is 3.25. The minimum absolute atomic E-state index is 0.168. The van der Waals surface area contributed by atoms with Crippen LogP contribution in [0, 0.1) is 6.92 Å². The largest absolute Gasteiger partial charge is 0.372 e. The first-order chi connectivity index (χ1) is 12.0. The predicted molar refractivity (Wildman–Crippen MR) is 92.6 cm³/mol. The molecule has 1 amide bonds. The molecule has 1 fully saturated rings. The maximum Gasteiger partial charge on any atom is 0.263 e. The fraction of sp³-hybridized carbons (Fsp3) is 0.412. The van der Waals surface area contributed by atoms with Crippen molar-refractivity contribution in [2.75, 3.05) is 32.1 Å². The van der Waals surface area contributed by atoms with Gasteiger partial charge in [0.2, 0.25) is 0 Å². The van der Waals surface area contributed by atoms with Gasteiger partial charge in [-0.25, -0.2) is 4.98 Å². The van der Waals surface area contributed by atoms with Gasteiger partial charge in [0.1, 0.15) is 23.2 Å². The lowest BCUT2D eigenvalue weighted by Crippen LogP contribution is -2.44. The van der Waals surface area contributed by atoms with Crippen molar-refractivity contribution < 1.29 is 9.53 Å². The van der Waals surface area contributed by atoms with Crippen LogP contribution in [0.25, 0.3) is 0 Å². The quantitative estimate of drug-likeness (QED) is 0.884. The average molecular weight is 343 g/mol. The van der Waals surface area contributed by atoms with Crippen LogP contribution in [0.15, 0.2) is 29.3 Å². The molecule has 0 unspecified atom stereocenters. The Morgan fingerprint density at radius 1 is 1.32 bits per heavy atom. The van der Waals surface area contributed by atoms with Crippen molar-refractivity contribution in [3.63, 3.8) is 0 Å².